The Balaban J connectivity index is 2.41. The van der Waals surface area contributed by atoms with Gasteiger partial charge in [0.2, 0.25) is 5.91 Å². The van der Waals surface area contributed by atoms with Crippen molar-refractivity contribution in [1.29, 1.82) is 0 Å². The molecule has 1 rings (SSSR count). The van der Waals surface area contributed by atoms with Crippen molar-refractivity contribution in [2.24, 2.45) is 11.7 Å². The summed E-state index contributed by atoms with van der Waals surface area (Å²) in [6, 6.07) is -1.59. The van der Waals surface area contributed by atoms with Crippen LogP contribution in [-0.2, 0) is 19.1 Å². The molecule has 0 saturated heterocycles. The maximum absolute atomic E-state index is 11.6. The second-order valence-corrected chi connectivity index (χ2v) is 4.28. The van der Waals surface area contributed by atoms with Gasteiger partial charge in [-0.05, 0) is 26.2 Å². The summed E-state index contributed by atoms with van der Waals surface area (Å²) in [5.74, 6) is -2.69. The van der Waals surface area contributed by atoms with Crippen LogP contribution in [0.2, 0.25) is 0 Å². The molecular weight excluding hydrogens is 240 g/mol. The average molecular weight is 258 g/mol. The van der Waals surface area contributed by atoms with E-state index >= 15 is 0 Å². The zero-order valence-corrected chi connectivity index (χ0v) is 10.2. The SMILES string of the molecule is CCOC(=O)C(N)C(=O)NC1CCC(C(=O)O)C1. The summed E-state index contributed by atoms with van der Waals surface area (Å²) >= 11 is 0. The van der Waals surface area contributed by atoms with E-state index in [2.05, 4.69) is 10.1 Å². The highest BCUT2D eigenvalue weighted by molar-refractivity contribution is 6.01. The molecule has 1 fully saturated rings. The van der Waals surface area contributed by atoms with Gasteiger partial charge >= 0.3 is 11.9 Å². The number of carboxylic acids is 1. The second-order valence-electron chi connectivity index (χ2n) is 4.28. The molecule has 4 N–H and O–H groups in total. The van der Waals surface area contributed by atoms with Crippen LogP contribution in [-0.4, -0.2) is 41.6 Å². The van der Waals surface area contributed by atoms with Gasteiger partial charge in [-0.15, -0.1) is 0 Å². The molecule has 0 bridgehead atoms. The number of carbonyl (C=O) groups is 3. The van der Waals surface area contributed by atoms with E-state index in [-0.39, 0.29) is 12.6 Å². The molecule has 1 aliphatic carbocycles. The molecule has 0 aromatic carbocycles. The van der Waals surface area contributed by atoms with Gasteiger partial charge in [-0.2, -0.15) is 0 Å². The van der Waals surface area contributed by atoms with Crippen molar-refractivity contribution in [3.8, 4) is 0 Å². The fourth-order valence-corrected chi connectivity index (χ4v) is 1.97. The monoisotopic (exact) mass is 258 g/mol. The van der Waals surface area contributed by atoms with Crippen LogP contribution in [0, 0.1) is 5.92 Å². The quantitative estimate of drug-likeness (QED) is 0.441. The van der Waals surface area contributed by atoms with Crippen molar-refractivity contribution in [1.82, 2.24) is 5.32 Å². The zero-order chi connectivity index (χ0) is 13.7. The number of carbonyl (C=O) groups excluding carboxylic acids is 2. The van der Waals surface area contributed by atoms with Crippen molar-refractivity contribution in [2.45, 2.75) is 38.3 Å². The highest BCUT2D eigenvalue weighted by Gasteiger charge is 2.32. The lowest BCUT2D eigenvalue weighted by Gasteiger charge is -2.15. The summed E-state index contributed by atoms with van der Waals surface area (Å²) in [6.45, 7) is 1.78. The van der Waals surface area contributed by atoms with Gasteiger partial charge in [-0.25, -0.2) is 4.79 Å². The van der Waals surface area contributed by atoms with Gasteiger partial charge in [-0.3, -0.25) is 9.59 Å². The maximum atomic E-state index is 11.6. The molecule has 1 saturated carbocycles. The number of esters is 1. The van der Waals surface area contributed by atoms with E-state index in [0.717, 1.165) is 0 Å². The van der Waals surface area contributed by atoms with Crippen molar-refractivity contribution >= 4 is 17.8 Å². The third kappa shape index (κ3) is 3.69. The van der Waals surface area contributed by atoms with Crippen LogP contribution in [0.1, 0.15) is 26.2 Å². The predicted molar refractivity (Wildman–Crippen MR) is 61.5 cm³/mol. The topological polar surface area (TPSA) is 119 Å². The van der Waals surface area contributed by atoms with Crippen molar-refractivity contribution in [2.75, 3.05) is 6.61 Å². The Morgan fingerprint density at radius 2 is 2.11 bits per heavy atom. The first-order valence-corrected chi connectivity index (χ1v) is 5.91. The molecule has 3 unspecified atom stereocenters. The summed E-state index contributed by atoms with van der Waals surface area (Å²) in [7, 11) is 0. The van der Waals surface area contributed by atoms with Crippen LogP contribution < -0.4 is 11.1 Å². The number of rotatable bonds is 5. The van der Waals surface area contributed by atoms with Gasteiger partial charge in [0.15, 0.2) is 6.04 Å². The summed E-state index contributed by atoms with van der Waals surface area (Å²) in [5, 5.41) is 11.4. The lowest BCUT2D eigenvalue weighted by atomic mass is 10.1. The van der Waals surface area contributed by atoms with Gasteiger partial charge < -0.3 is 20.9 Å². The fourth-order valence-electron chi connectivity index (χ4n) is 1.97. The Hall–Kier alpha value is -1.63. The first-order valence-electron chi connectivity index (χ1n) is 5.91. The smallest absolute Gasteiger partial charge is 0.332 e. The molecule has 1 aliphatic rings. The number of carboxylic acid groups (broad SMARTS) is 1. The fraction of sp³-hybridized carbons (Fsp3) is 0.727. The second kappa shape index (κ2) is 6.34. The van der Waals surface area contributed by atoms with E-state index in [1.165, 1.54) is 0 Å². The van der Waals surface area contributed by atoms with E-state index < -0.39 is 29.8 Å². The predicted octanol–water partition coefficient (Wildman–Crippen LogP) is -0.754. The lowest BCUT2D eigenvalue weighted by molar-refractivity contribution is -0.148. The summed E-state index contributed by atoms with van der Waals surface area (Å²) in [4.78, 5) is 33.6. The lowest BCUT2D eigenvalue weighted by Crippen LogP contribution is -2.49. The van der Waals surface area contributed by atoms with Gasteiger partial charge in [-0.1, -0.05) is 0 Å². The molecule has 0 aromatic rings. The molecule has 0 heterocycles. The minimum absolute atomic E-state index is 0.157. The summed E-state index contributed by atoms with van der Waals surface area (Å²) < 4.78 is 4.63. The zero-order valence-electron chi connectivity index (χ0n) is 10.2. The van der Waals surface area contributed by atoms with Crippen LogP contribution in [0.3, 0.4) is 0 Å². The van der Waals surface area contributed by atoms with Gasteiger partial charge in [0.25, 0.3) is 0 Å². The molecule has 1 amide bonds. The minimum atomic E-state index is -1.35. The number of amides is 1. The summed E-state index contributed by atoms with van der Waals surface area (Å²) in [5.41, 5.74) is 5.42. The normalized spacial score (nSPS) is 24.3. The number of hydrogen-bond acceptors (Lipinski definition) is 5. The minimum Gasteiger partial charge on any atom is -0.481 e. The van der Waals surface area contributed by atoms with E-state index in [9.17, 15) is 14.4 Å². The summed E-state index contributed by atoms with van der Waals surface area (Å²) in [6.07, 6.45) is 1.48. The molecular formula is C11H18N2O5. The number of ether oxygens (including phenoxy) is 1. The third-order valence-corrected chi connectivity index (χ3v) is 2.95. The van der Waals surface area contributed by atoms with Crippen LogP contribution >= 0.6 is 0 Å². The Morgan fingerprint density at radius 1 is 1.44 bits per heavy atom. The highest BCUT2D eigenvalue weighted by atomic mass is 16.5. The molecule has 18 heavy (non-hydrogen) atoms. The van der Waals surface area contributed by atoms with Crippen LogP contribution in [0.25, 0.3) is 0 Å². The number of aliphatic carboxylic acids is 1. The highest BCUT2D eigenvalue weighted by Crippen LogP contribution is 2.25. The van der Waals surface area contributed by atoms with E-state index in [1.54, 1.807) is 6.92 Å². The number of hydrogen-bond donors (Lipinski definition) is 3. The molecule has 0 radical (unpaired) electrons. The third-order valence-electron chi connectivity index (χ3n) is 2.95. The van der Waals surface area contributed by atoms with Gasteiger partial charge in [0.1, 0.15) is 0 Å². The molecule has 3 atom stereocenters. The number of nitrogens with two attached hydrogens (primary N) is 1. The van der Waals surface area contributed by atoms with Crippen molar-refractivity contribution in [3.63, 3.8) is 0 Å². The first-order chi connectivity index (χ1) is 8.45. The molecule has 0 aliphatic heterocycles. The van der Waals surface area contributed by atoms with Crippen LogP contribution in [0.15, 0.2) is 0 Å². The maximum Gasteiger partial charge on any atom is 0.332 e. The van der Waals surface area contributed by atoms with Crippen LogP contribution in [0.5, 0.6) is 0 Å². The van der Waals surface area contributed by atoms with E-state index in [4.69, 9.17) is 10.8 Å². The van der Waals surface area contributed by atoms with E-state index in [0.29, 0.717) is 19.3 Å². The molecule has 102 valence electrons. The first kappa shape index (κ1) is 14.4. The average Bonchev–Trinajstić information content (AvgIpc) is 2.77. The Bertz CT molecular complexity index is 344. The Kier molecular flexibility index (Phi) is 5.08. The molecule has 7 nitrogen and oxygen atoms in total. The van der Waals surface area contributed by atoms with Gasteiger partial charge in [0.05, 0.1) is 12.5 Å². The number of nitrogens with one attached hydrogen (secondary N) is 1. The van der Waals surface area contributed by atoms with Gasteiger partial charge in [0, 0.05) is 6.04 Å². The molecule has 0 spiro atoms. The molecule has 0 aromatic heterocycles. The standard InChI is InChI=1S/C11H18N2O5/c1-2-18-11(17)8(12)9(14)13-7-4-3-6(5-7)10(15)16/h6-8H,2-5,12H2,1H3,(H,13,14)(H,15,16). The van der Waals surface area contributed by atoms with E-state index in [1.807, 2.05) is 0 Å². The largest absolute Gasteiger partial charge is 0.481 e. The Morgan fingerprint density at radius 3 is 2.61 bits per heavy atom. The van der Waals surface area contributed by atoms with Crippen LogP contribution in [0.4, 0.5) is 0 Å². The Labute approximate surface area is 105 Å². The molecule has 7 heteroatoms. The van der Waals surface area contributed by atoms with Crippen molar-refractivity contribution < 1.29 is 24.2 Å². The van der Waals surface area contributed by atoms with Crippen molar-refractivity contribution in [3.05, 3.63) is 0 Å².